The molecule has 2 heterocycles. The van der Waals surface area contributed by atoms with E-state index >= 15 is 0 Å². The molecule has 0 saturated carbocycles. The number of rotatable bonds is 7. The van der Waals surface area contributed by atoms with Crippen LogP contribution in [0, 0.1) is 0 Å². The third-order valence-electron chi connectivity index (χ3n) is 13.2. The highest BCUT2D eigenvalue weighted by Crippen LogP contribution is 2.48. The maximum atomic E-state index is 2.57. The molecule has 62 heavy (non-hydrogen) atoms. The number of para-hydroxylation sites is 2. The Hall–Kier alpha value is -7.04. The van der Waals surface area contributed by atoms with Gasteiger partial charge in [0.1, 0.15) is 0 Å². The van der Waals surface area contributed by atoms with Crippen LogP contribution >= 0.6 is 0 Å². The molecular formula is C58H50BN3. The SMILES string of the molecule is CC(C)(C)c1ccc(N2C3=C(CCC(N(c4ccccc4)c4ccccc4)=C3)B3c4cc(-c5ccccc5)ccc4N(c4ccc(C5=CC=CCC5)cc4)c4cccc2c43)cc1. The van der Waals surface area contributed by atoms with Gasteiger partial charge in [0.15, 0.2) is 0 Å². The Morgan fingerprint density at radius 1 is 0.532 bits per heavy atom. The summed E-state index contributed by atoms with van der Waals surface area (Å²) >= 11 is 0. The molecule has 3 nitrogen and oxygen atoms in total. The van der Waals surface area contributed by atoms with E-state index in [4.69, 9.17) is 0 Å². The molecule has 7 aromatic rings. The van der Waals surface area contributed by atoms with E-state index in [1.165, 1.54) is 95.4 Å². The summed E-state index contributed by atoms with van der Waals surface area (Å²) in [6.07, 6.45) is 13.3. The number of nitrogens with zero attached hydrogens (tertiary/aromatic N) is 3. The number of anilines is 7. The number of allylic oxidation sites excluding steroid dienone is 7. The molecule has 4 aliphatic rings. The Morgan fingerprint density at radius 3 is 1.79 bits per heavy atom. The zero-order valence-electron chi connectivity index (χ0n) is 35.8. The molecule has 2 aliphatic carbocycles. The van der Waals surface area contributed by atoms with E-state index in [9.17, 15) is 0 Å². The van der Waals surface area contributed by atoms with Gasteiger partial charge < -0.3 is 14.7 Å². The van der Waals surface area contributed by atoms with Crippen molar-refractivity contribution in [2.45, 2.75) is 51.9 Å². The molecule has 0 amide bonds. The third kappa shape index (κ3) is 6.62. The highest BCUT2D eigenvalue weighted by molar-refractivity contribution is 6.95. The van der Waals surface area contributed by atoms with E-state index in [1.54, 1.807) is 0 Å². The molecule has 11 rings (SSSR count). The van der Waals surface area contributed by atoms with Gasteiger partial charge >= 0.3 is 0 Å². The quantitative estimate of drug-likeness (QED) is 0.149. The van der Waals surface area contributed by atoms with Crippen LogP contribution < -0.4 is 25.6 Å². The lowest BCUT2D eigenvalue weighted by atomic mass is 9.32. The lowest BCUT2D eigenvalue weighted by molar-refractivity contribution is 0.590. The molecule has 0 bridgehead atoms. The molecule has 0 radical (unpaired) electrons. The van der Waals surface area contributed by atoms with Crippen molar-refractivity contribution in [3.05, 3.63) is 228 Å². The van der Waals surface area contributed by atoms with Crippen molar-refractivity contribution < 1.29 is 0 Å². The maximum Gasteiger partial charge on any atom is 0.247 e. The first-order chi connectivity index (χ1) is 30.4. The fraction of sp³-hybridized carbons (Fsp3) is 0.138. The van der Waals surface area contributed by atoms with Gasteiger partial charge in [0, 0.05) is 51.2 Å². The van der Waals surface area contributed by atoms with Crippen LogP contribution in [-0.2, 0) is 5.41 Å². The minimum Gasteiger partial charge on any atom is -0.314 e. The summed E-state index contributed by atoms with van der Waals surface area (Å²) < 4.78 is 0. The molecule has 2 aliphatic heterocycles. The van der Waals surface area contributed by atoms with Crippen molar-refractivity contribution in [2.75, 3.05) is 14.7 Å². The smallest absolute Gasteiger partial charge is 0.247 e. The average Bonchev–Trinajstić information content (AvgIpc) is 3.32. The van der Waals surface area contributed by atoms with Crippen LogP contribution in [0.15, 0.2) is 217 Å². The summed E-state index contributed by atoms with van der Waals surface area (Å²) in [6.45, 7) is 6.97. The third-order valence-corrected chi connectivity index (χ3v) is 13.2. The standard InChI is InChI=1S/C58H50BN3/c1-58(2,3)45-30-34-49(35-31-45)62-55-26-16-25-54-57(55)59(51-37-36-50(40-56(51)62)60(46-21-12-6-13-22-46)47-23-14-7-15-24-47)52-39-44(42-19-10-5-11-20-42)29-38-53(52)61(54)48-32-27-43(28-33-48)41-17-8-4-9-18-41/h4-8,10-17,19-35,38-40H,9,18,36-37H2,1-3H3. The summed E-state index contributed by atoms with van der Waals surface area (Å²) in [4.78, 5) is 7.56. The summed E-state index contributed by atoms with van der Waals surface area (Å²) in [7, 11) is 0. The largest absolute Gasteiger partial charge is 0.314 e. The van der Waals surface area contributed by atoms with Gasteiger partial charge in [0.25, 0.3) is 0 Å². The van der Waals surface area contributed by atoms with Gasteiger partial charge in [-0.3, -0.25) is 0 Å². The number of hydrogen-bond donors (Lipinski definition) is 0. The van der Waals surface area contributed by atoms with Crippen LogP contribution in [0.3, 0.4) is 0 Å². The van der Waals surface area contributed by atoms with Gasteiger partial charge in [-0.25, -0.2) is 0 Å². The van der Waals surface area contributed by atoms with Crippen LogP contribution in [0.4, 0.5) is 39.8 Å². The molecule has 0 unspecified atom stereocenters. The van der Waals surface area contributed by atoms with Gasteiger partial charge in [-0.2, -0.15) is 0 Å². The molecule has 7 aromatic carbocycles. The maximum absolute atomic E-state index is 2.57. The molecule has 0 atom stereocenters. The summed E-state index contributed by atoms with van der Waals surface area (Å²) in [5.74, 6) is 0. The normalized spacial score (nSPS) is 15.4. The number of fused-ring (bicyclic) bond motifs is 3. The Kier molecular flexibility index (Phi) is 9.46. The second-order valence-corrected chi connectivity index (χ2v) is 18.0. The first-order valence-corrected chi connectivity index (χ1v) is 22.2. The molecule has 0 saturated heterocycles. The second kappa shape index (κ2) is 15.5. The zero-order valence-corrected chi connectivity index (χ0v) is 35.8. The lowest BCUT2D eigenvalue weighted by Crippen LogP contribution is -2.56. The summed E-state index contributed by atoms with van der Waals surface area (Å²) in [6, 6.07) is 65.4. The minimum atomic E-state index is 0.0477. The number of hydrogen-bond acceptors (Lipinski definition) is 3. The van der Waals surface area contributed by atoms with Crippen LogP contribution in [0.1, 0.15) is 57.6 Å². The Labute approximate surface area is 367 Å². The van der Waals surface area contributed by atoms with Crippen molar-refractivity contribution in [3.63, 3.8) is 0 Å². The van der Waals surface area contributed by atoms with E-state index in [1.807, 2.05) is 0 Å². The minimum absolute atomic E-state index is 0.0477. The van der Waals surface area contributed by atoms with E-state index in [-0.39, 0.29) is 12.1 Å². The van der Waals surface area contributed by atoms with E-state index in [0.717, 1.165) is 25.7 Å². The average molecular weight is 800 g/mol. The molecule has 4 heteroatoms. The molecule has 0 fully saturated rings. The molecular weight excluding hydrogens is 749 g/mol. The zero-order chi connectivity index (χ0) is 41.8. The molecule has 0 N–H and O–H groups in total. The highest BCUT2D eigenvalue weighted by Gasteiger charge is 2.45. The Bertz CT molecular complexity index is 2880. The second-order valence-electron chi connectivity index (χ2n) is 18.0. The van der Waals surface area contributed by atoms with Gasteiger partial charge in [-0.1, -0.05) is 154 Å². The van der Waals surface area contributed by atoms with Gasteiger partial charge in [0.05, 0.1) is 0 Å². The van der Waals surface area contributed by atoms with Gasteiger partial charge in [0.2, 0.25) is 6.71 Å². The Balaban J connectivity index is 1.15. The van der Waals surface area contributed by atoms with Gasteiger partial charge in [-0.15, -0.1) is 0 Å². The topological polar surface area (TPSA) is 9.72 Å². The van der Waals surface area contributed by atoms with Crippen LogP contribution in [-0.4, -0.2) is 6.71 Å². The fourth-order valence-electron chi connectivity index (χ4n) is 10.2. The highest BCUT2D eigenvalue weighted by atomic mass is 15.2. The van der Waals surface area contributed by atoms with Crippen LogP contribution in [0.25, 0.3) is 16.7 Å². The summed E-state index contributed by atoms with van der Waals surface area (Å²) in [5.41, 5.74) is 21.7. The molecule has 0 spiro atoms. The Morgan fingerprint density at radius 2 is 1.15 bits per heavy atom. The molecule has 300 valence electrons. The first kappa shape index (κ1) is 37.9. The lowest BCUT2D eigenvalue weighted by Gasteiger charge is -2.46. The van der Waals surface area contributed by atoms with Crippen molar-refractivity contribution in [2.24, 2.45) is 0 Å². The summed E-state index contributed by atoms with van der Waals surface area (Å²) in [5, 5.41) is 0. The molecule has 0 aromatic heterocycles. The van der Waals surface area contributed by atoms with Crippen molar-refractivity contribution in [1.82, 2.24) is 0 Å². The van der Waals surface area contributed by atoms with E-state index in [0.29, 0.717) is 0 Å². The van der Waals surface area contributed by atoms with Crippen molar-refractivity contribution in [1.29, 1.82) is 0 Å². The van der Waals surface area contributed by atoms with Crippen molar-refractivity contribution >= 4 is 63.0 Å². The fourth-order valence-corrected chi connectivity index (χ4v) is 10.2. The van der Waals surface area contributed by atoms with Crippen LogP contribution in [0.5, 0.6) is 0 Å². The monoisotopic (exact) mass is 799 g/mol. The van der Waals surface area contributed by atoms with Crippen molar-refractivity contribution in [3.8, 4) is 11.1 Å². The van der Waals surface area contributed by atoms with E-state index in [2.05, 4.69) is 236 Å². The predicted molar refractivity (Wildman–Crippen MR) is 265 cm³/mol. The predicted octanol–water partition coefficient (Wildman–Crippen LogP) is 14.2. The number of benzene rings is 7. The van der Waals surface area contributed by atoms with Crippen LogP contribution in [0.2, 0.25) is 0 Å². The van der Waals surface area contributed by atoms with E-state index < -0.39 is 0 Å². The van der Waals surface area contributed by atoms with Gasteiger partial charge in [-0.05, 0) is 143 Å². The first-order valence-electron chi connectivity index (χ1n) is 22.2.